The molecule has 2 aromatic carbocycles. The minimum Gasteiger partial charge on any atom is -0.347 e. The summed E-state index contributed by atoms with van der Waals surface area (Å²) >= 11 is 6.03. The number of benzene rings is 2. The highest BCUT2D eigenvalue weighted by Crippen LogP contribution is 2.26. The number of anilines is 1. The van der Waals surface area contributed by atoms with Crippen molar-refractivity contribution in [1.29, 1.82) is 0 Å². The average Bonchev–Trinajstić information content (AvgIpc) is 2.63. The highest BCUT2D eigenvalue weighted by Gasteiger charge is 2.32. The van der Waals surface area contributed by atoms with E-state index in [9.17, 15) is 13.2 Å². The second-order valence-corrected chi connectivity index (χ2v) is 8.64. The highest BCUT2D eigenvalue weighted by molar-refractivity contribution is 7.92. The molecule has 5 nitrogen and oxygen atoms in total. The molecular weight excluding hydrogens is 384 g/mol. The molecule has 0 heterocycles. The van der Waals surface area contributed by atoms with Crippen LogP contribution >= 0.6 is 11.6 Å². The standard InChI is InChI=1S/C20H25ClN2O3S/c1-4-18(15-10-7-6-8-11-15)22-20(24)19(5-2)23(27(3,25)26)17-13-9-12-16(21)14-17/h6-14,18-19H,4-5H2,1-3H3,(H,22,24)/t18-,19-/m0/s1. The summed E-state index contributed by atoms with van der Waals surface area (Å²) in [5.41, 5.74) is 1.36. The van der Waals surface area contributed by atoms with E-state index >= 15 is 0 Å². The number of rotatable bonds is 8. The van der Waals surface area contributed by atoms with Gasteiger partial charge in [-0.2, -0.15) is 0 Å². The molecule has 2 aromatic rings. The molecule has 27 heavy (non-hydrogen) atoms. The molecule has 1 amide bonds. The fourth-order valence-electron chi connectivity index (χ4n) is 3.05. The number of carbonyl (C=O) groups is 1. The van der Waals surface area contributed by atoms with Gasteiger partial charge in [0.25, 0.3) is 0 Å². The van der Waals surface area contributed by atoms with Crippen molar-refractivity contribution in [2.24, 2.45) is 0 Å². The van der Waals surface area contributed by atoms with Gasteiger partial charge in [-0.1, -0.05) is 61.8 Å². The van der Waals surface area contributed by atoms with Crippen LogP contribution in [-0.2, 0) is 14.8 Å². The van der Waals surface area contributed by atoms with E-state index in [4.69, 9.17) is 11.6 Å². The molecule has 0 aliphatic rings. The Morgan fingerprint density at radius 2 is 1.74 bits per heavy atom. The molecule has 0 aliphatic carbocycles. The molecule has 2 atom stereocenters. The van der Waals surface area contributed by atoms with Gasteiger partial charge >= 0.3 is 0 Å². The normalized spacial score (nSPS) is 13.6. The molecule has 0 aliphatic heterocycles. The summed E-state index contributed by atoms with van der Waals surface area (Å²) in [4.78, 5) is 13.0. The van der Waals surface area contributed by atoms with Gasteiger partial charge in [0.1, 0.15) is 6.04 Å². The Hall–Kier alpha value is -2.05. The van der Waals surface area contributed by atoms with Gasteiger partial charge in [-0.25, -0.2) is 8.42 Å². The summed E-state index contributed by atoms with van der Waals surface area (Å²) in [7, 11) is -3.68. The monoisotopic (exact) mass is 408 g/mol. The van der Waals surface area contributed by atoms with Gasteiger partial charge in [0.15, 0.2) is 0 Å². The van der Waals surface area contributed by atoms with Crippen LogP contribution in [0.1, 0.15) is 38.3 Å². The van der Waals surface area contributed by atoms with Gasteiger partial charge in [-0.05, 0) is 36.6 Å². The number of carbonyl (C=O) groups excluding carboxylic acids is 1. The van der Waals surface area contributed by atoms with Crippen molar-refractivity contribution in [1.82, 2.24) is 5.32 Å². The lowest BCUT2D eigenvalue weighted by Crippen LogP contribution is -2.50. The molecule has 0 radical (unpaired) electrons. The van der Waals surface area contributed by atoms with Crippen molar-refractivity contribution in [2.75, 3.05) is 10.6 Å². The predicted octanol–water partition coefficient (Wildman–Crippen LogP) is 4.15. The zero-order chi connectivity index (χ0) is 20.0. The van der Waals surface area contributed by atoms with Crippen molar-refractivity contribution < 1.29 is 13.2 Å². The number of nitrogens with zero attached hydrogens (tertiary/aromatic N) is 1. The first-order chi connectivity index (χ1) is 12.8. The summed E-state index contributed by atoms with van der Waals surface area (Å²) in [5.74, 6) is -0.335. The largest absolute Gasteiger partial charge is 0.347 e. The van der Waals surface area contributed by atoms with E-state index in [-0.39, 0.29) is 11.9 Å². The molecule has 0 aromatic heterocycles. The first-order valence-corrected chi connectivity index (χ1v) is 11.1. The zero-order valence-electron chi connectivity index (χ0n) is 15.7. The molecule has 0 bridgehead atoms. The number of sulfonamides is 1. The molecule has 0 saturated heterocycles. The Labute approximate surface area is 166 Å². The first-order valence-electron chi connectivity index (χ1n) is 8.88. The van der Waals surface area contributed by atoms with Gasteiger partial charge in [0.2, 0.25) is 15.9 Å². The third kappa shape index (κ3) is 5.47. The molecule has 1 N–H and O–H groups in total. The SMILES string of the molecule is CC[C@H](NC(=O)[C@H](CC)N(c1cccc(Cl)c1)S(C)(=O)=O)c1ccccc1. The minimum atomic E-state index is -3.68. The third-order valence-corrected chi connectivity index (χ3v) is 5.73. The summed E-state index contributed by atoms with van der Waals surface area (Å²) < 4.78 is 26.1. The molecule has 0 spiro atoms. The smallest absolute Gasteiger partial charge is 0.244 e. The van der Waals surface area contributed by atoms with Gasteiger partial charge in [-0.15, -0.1) is 0 Å². The predicted molar refractivity (Wildman–Crippen MR) is 110 cm³/mol. The Bertz CT molecular complexity index is 872. The van der Waals surface area contributed by atoms with E-state index in [2.05, 4.69) is 5.32 Å². The molecule has 146 valence electrons. The van der Waals surface area contributed by atoms with Crippen LogP contribution in [-0.4, -0.2) is 26.6 Å². The van der Waals surface area contributed by atoms with Crippen LogP contribution in [0.3, 0.4) is 0 Å². The van der Waals surface area contributed by atoms with Gasteiger partial charge in [0.05, 0.1) is 18.0 Å². The maximum Gasteiger partial charge on any atom is 0.244 e. The Kier molecular flexibility index (Phi) is 7.27. The van der Waals surface area contributed by atoms with E-state index < -0.39 is 16.1 Å². The maximum atomic E-state index is 13.0. The lowest BCUT2D eigenvalue weighted by molar-refractivity contribution is -0.123. The van der Waals surface area contributed by atoms with Crippen LogP contribution in [0.5, 0.6) is 0 Å². The maximum absolute atomic E-state index is 13.0. The fraction of sp³-hybridized carbons (Fsp3) is 0.350. The first kappa shape index (κ1) is 21.3. The van der Waals surface area contributed by atoms with E-state index in [0.717, 1.165) is 16.1 Å². The summed E-state index contributed by atoms with van der Waals surface area (Å²) in [6.45, 7) is 3.76. The molecule has 0 fully saturated rings. The Morgan fingerprint density at radius 3 is 2.26 bits per heavy atom. The minimum absolute atomic E-state index is 0.187. The Morgan fingerprint density at radius 1 is 1.07 bits per heavy atom. The molecule has 0 unspecified atom stereocenters. The molecule has 0 saturated carbocycles. The summed E-state index contributed by atoms with van der Waals surface area (Å²) in [5, 5.41) is 3.40. The van der Waals surface area contributed by atoms with Crippen molar-refractivity contribution in [3.63, 3.8) is 0 Å². The van der Waals surface area contributed by atoms with Crippen molar-refractivity contribution >= 4 is 33.2 Å². The van der Waals surface area contributed by atoms with Gasteiger partial charge in [0, 0.05) is 5.02 Å². The number of nitrogens with one attached hydrogen (secondary N) is 1. The van der Waals surface area contributed by atoms with E-state index in [0.29, 0.717) is 23.6 Å². The van der Waals surface area contributed by atoms with E-state index in [1.165, 1.54) is 0 Å². The van der Waals surface area contributed by atoms with Crippen LogP contribution in [0.4, 0.5) is 5.69 Å². The van der Waals surface area contributed by atoms with Crippen molar-refractivity contribution in [3.05, 3.63) is 65.2 Å². The zero-order valence-corrected chi connectivity index (χ0v) is 17.3. The molecule has 7 heteroatoms. The lowest BCUT2D eigenvalue weighted by Gasteiger charge is -2.31. The Balaban J connectivity index is 2.34. The third-order valence-electron chi connectivity index (χ3n) is 4.32. The van der Waals surface area contributed by atoms with Crippen LogP contribution in [0.15, 0.2) is 54.6 Å². The van der Waals surface area contributed by atoms with Crippen LogP contribution < -0.4 is 9.62 Å². The summed E-state index contributed by atoms with van der Waals surface area (Å²) in [6, 6.07) is 15.1. The number of hydrogen-bond donors (Lipinski definition) is 1. The molecular formula is C20H25ClN2O3S. The number of hydrogen-bond acceptors (Lipinski definition) is 3. The van der Waals surface area contributed by atoms with Crippen molar-refractivity contribution in [2.45, 2.75) is 38.8 Å². The lowest BCUT2D eigenvalue weighted by atomic mass is 10.0. The van der Waals surface area contributed by atoms with Crippen LogP contribution in [0, 0.1) is 0 Å². The van der Waals surface area contributed by atoms with Crippen molar-refractivity contribution in [3.8, 4) is 0 Å². The quantitative estimate of drug-likeness (QED) is 0.713. The van der Waals surface area contributed by atoms with Crippen LogP contribution in [0.25, 0.3) is 0 Å². The summed E-state index contributed by atoms with van der Waals surface area (Å²) in [6.07, 6.45) is 2.12. The van der Waals surface area contributed by atoms with Gasteiger partial charge < -0.3 is 5.32 Å². The van der Waals surface area contributed by atoms with Crippen LogP contribution in [0.2, 0.25) is 5.02 Å². The van der Waals surface area contributed by atoms with E-state index in [1.807, 2.05) is 37.3 Å². The highest BCUT2D eigenvalue weighted by atomic mass is 35.5. The second kappa shape index (κ2) is 9.24. The topological polar surface area (TPSA) is 66.5 Å². The average molecular weight is 409 g/mol. The van der Waals surface area contributed by atoms with Gasteiger partial charge in [-0.3, -0.25) is 9.10 Å². The van der Waals surface area contributed by atoms with E-state index in [1.54, 1.807) is 31.2 Å². The number of halogens is 1. The fourth-order valence-corrected chi connectivity index (χ4v) is 4.44. The second-order valence-electron chi connectivity index (χ2n) is 6.34. The molecule has 2 rings (SSSR count). The number of amides is 1.